The van der Waals surface area contributed by atoms with E-state index in [1.54, 1.807) is 5.48 Å². The Bertz CT molecular complexity index is 933. The Hall–Kier alpha value is -2.98. The van der Waals surface area contributed by atoms with Crippen LogP contribution >= 0.6 is 0 Å². The van der Waals surface area contributed by atoms with Crippen LogP contribution in [0.2, 0.25) is 0 Å². The molecule has 0 radical (unpaired) electrons. The fourth-order valence-corrected chi connectivity index (χ4v) is 2.83. The quantitative estimate of drug-likeness (QED) is 0.218. The molecule has 1 N–H and O–H groups in total. The van der Waals surface area contributed by atoms with Crippen molar-refractivity contribution in [2.24, 2.45) is 0 Å². The van der Waals surface area contributed by atoms with E-state index in [1.807, 2.05) is 6.92 Å². The number of carbonyl (C=O) groups excluding carboxylic acids is 2. The van der Waals surface area contributed by atoms with Gasteiger partial charge in [0.1, 0.15) is 17.9 Å². The summed E-state index contributed by atoms with van der Waals surface area (Å²) in [7, 11) is 1.38. The first-order chi connectivity index (χ1) is 15.2. The van der Waals surface area contributed by atoms with Crippen LogP contribution in [0.5, 0.6) is 5.75 Å². The molecule has 2 aromatic rings. The lowest BCUT2D eigenvalue weighted by Gasteiger charge is -2.22. The van der Waals surface area contributed by atoms with Gasteiger partial charge in [-0.2, -0.15) is 13.2 Å². The van der Waals surface area contributed by atoms with Crippen LogP contribution in [0, 0.1) is 5.82 Å². The van der Waals surface area contributed by atoms with Crippen molar-refractivity contribution in [2.75, 3.05) is 13.9 Å². The summed E-state index contributed by atoms with van der Waals surface area (Å²) in [6.45, 7) is 1.66. The van der Waals surface area contributed by atoms with Crippen LogP contribution in [0.1, 0.15) is 48.1 Å². The first kappa shape index (κ1) is 25.3. The number of hydrogen-bond acceptors (Lipinski definition) is 6. The van der Waals surface area contributed by atoms with Crippen molar-refractivity contribution < 1.29 is 41.5 Å². The van der Waals surface area contributed by atoms with Crippen molar-refractivity contribution in [1.29, 1.82) is 0 Å². The number of rotatable bonds is 11. The Morgan fingerprint density at radius 1 is 1.16 bits per heavy atom. The molecule has 0 fully saturated rings. The number of methoxy groups -OCH3 is 1. The molecule has 0 heterocycles. The summed E-state index contributed by atoms with van der Waals surface area (Å²) in [5.41, 5.74) is 1.52. The number of aldehydes is 1. The fraction of sp³-hybridized carbons (Fsp3) is 0.364. The van der Waals surface area contributed by atoms with Gasteiger partial charge in [0.25, 0.3) is 0 Å². The fourth-order valence-electron chi connectivity index (χ4n) is 2.83. The average Bonchev–Trinajstić information content (AvgIpc) is 2.75. The minimum atomic E-state index is -4.86. The molecular weight excluding hydrogens is 434 g/mol. The van der Waals surface area contributed by atoms with E-state index >= 15 is 0 Å². The molecule has 0 spiro atoms. The number of hydrogen-bond donors (Lipinski definition) is 1. The van der Waals surface area contributed by atoms with Gasteiger partial charge < -0.3 is 14.3 Å². The predicted octanol–water partition coefficient (Wildman–Crippen LogP) is 5.13. The van der Waals surface area contributed by atoms with E-state index < -0.39 is 29.6 Å². The highest BCUT2D eigenvalue weighted by Gasteiger charge is 2.42. The van der Waals surface area contributed by atoms with Crippen molar-refractivity contribution in [3.8, 4) is 16.9 Å². The molecule has 6 nitrogen and oxygen atoms in total. The molecule has 0 saturated heterocycles. The highest BCUT2D eigenvalue weighted by Crippen LogP contribution is 2.37. The van der Waals surface area contributed by atoms with E-state index in [0.717, 1.165) is 12.1 Å². The molecule has 32 heavy (non-hydrogen) atoms. The average molecular weight is 457 g/mol. The molecule has 2 rings (SSSR count). The van der Waals surface area contributed by atoms with Gasteiger partial charge >= 0.3 is 12.1 Å². The van der Waals surface area contributed by atoms with Crippen LogP contribution in [0.15, 0.2) is 36.4 Å². The third-order valence-electron chi connectivity index (χ3n) is 4.44. The number of unbranched alkanes of at least 4 members (excludes halogenated alkanes) is 1. The number of halogens is 4. The number of hydroxylamine groups is 1. The predicted molar refractivity (Wildman–Crippen MR) is 107 cm³/mol. The summed E-state index contributed by atoms with van der Waals surface area (Å²) >= 11 is 0. The number of carbonyl (C=O) groups is 2. The van der Waals surface area contributed by atoms with E-state index in [4.69, 9.17) is 9.47 Å². The van der Waals surface area contributed by atoms with Crippen molar-refractivity contribution >= 4 is 12.3 Å². The van der Waals surface area contributed by atoms with E-state index in [1.165, 1.54) is 25.3 Å². The van der Waals surface area contributed by atoms with Gasteiger partial charge in [-0.3, -0.25) is 9.59 Å². The summed E-state index contributed by atoms with van der Waals surface area (Å²) in [4.78, 5) is 27.2. The maximum Gasteiger partial charge on any atom is 0.411 e. The summed E-state index contributed by atoms with van der Waals surface area (Å²) in [6, 6.07) is 4.68. The second kappa shape index (κ2) is 11.6. The zero-order valence-corrected chi connectivity index (χ0v) is 17.5. The third-order valence-corrected chi connectivity index (χ3v) is 4.44. The molecule has 0 aliphatic rings. The molecule has 0 aliphatic carbocycles. The van der Waals surface area contributed by atoms with Crippen LogP contribution in [0.3, 0.4) is 0 Å². The summed E-state index contributed by atoms with van der Waals surface area (Å²) < 4.78 is 65.7. The maximum absolute atomic E-state index is 14.9. The topological polar surface area (TPSA) is 73.9 Å². The van der Waals surface area contributed by atoms with Gasteiger partial charge in [0, 0.05) is 30.2 Å². The van der Waals surface area contributed by atoms with Gasteiger partial charge in [0.05, 0.1) is 0 Å². The highest BCUT2D eigenvalue weighted by atomic mass is 19.4. The smallest absolute Gasteiger partial charge is 0.411 e. The van der Waals surface area contributed by atoms with Crippen LogP contribution in [-0.4, -0.2) is 32.3 Å². The molecule has 0 aromatic heterocycles. The molecule has 1 unspecified atom stereocenters. The van der Waals surface area contributed by atoms with Crippen LogP contribution < -0.4 is 10.2 Å². The van der Waals surface area contributed by atoms with Gasteiger partial charge in [-0.05, 0) is 36.2 Å². The van der Waals surface area contributed by atoms with Gasteiger partial charge in [0.2, 0.25) is 0 Å². The lowest BCUT2D eigenvalue weighted by Crippen LogP contribution is -2.35. The van der Waals surface area contributed by atoms with E-state index in [-0.39, 0.29) is 35.7 Å². The minimum absolute atomic E-state index is 0.0430. The minimum Gasteiger partial charge on any atom is -0.467 e. The summed E-state index contributed by atoms with van der Waals surface area (Å²) in [5, 5.41) is 0. The van der Waals surface area contributed by atoms with Crippen LogP contribution in [-0.2, 0) is 14.4 Å². The third kappa shape index (κ3) is 6.76. The van der Waals surface area contributed by atoms with Crippen molar-refractivity contribution in [1.82, 2.24) is 5.48 Å². The lowest BCUT2D eigenvalue weighted by atomic mass is 9.98. The van der Waals surface area contributed by atoms with Gasteiger partial charge in [-0.1, -0.05) is 25.5 Å². The Morgan fingerprint density at radius 2 is 1.91 bits per heavy atom. The Labute approximate surface area is 182 Å². The number of alkyl halides is 3. The highest BCUT2D eigenvalue weighted by molar-refractivity contribution is 5.81. The second-order valence-electron chi connectivity index (χ2n) is 6.83. The van der Waals surface area contributed by atoms with E-state index in [2.05, 4.69) is 4.84 Å². The molecule has 1 atom stereocenters. The zero-order chi connectivity index (χ0) is 23.7. The van der Waals surface area contributed by atoms with Gasteiger partial charge in [-0.25, -0.2) is 4.39 Å². The van der Waals surface area contributed by atoms with Gasteiger partial charge in [0.15, 0.2) is 12.8 Å². The van der Waals surface area contributed by atoms with Crippen molar-refractivity contribution in [2.45, 2.75) is 38.4 Å². The Kier molecular flexibility index (Phi) is 9.15. The Morgan fingerprint density at radius 3 is 2.50 bits per heavy atom. The molecule has 0 aliphatic heterocycles. The zero-order valence-electron chi connectivity index (χ0n) is 17.5. The largest absolute Gasteiger partial charge is 0.467 e. The SMILES string of the molecule is CCCCC(=O)ONC(c1ccc(-c2cc(C=O)ccc2OCOC)c(F)c1)C(F)(F)F. The second-order valence-corrected chi connectivity index (χ2v) is 6.83. The summed E-state index contributed by atoms with van der Waals surface area (Å²) in [5.74, 6) is -1.65. The molecule has 10 heteroatoms. The van der Waals surface area contributed by atoms with Gasteiger partial charge in [-0.15, -0.1) is 5.48 Å². The molecular formula is C22H23F4NO5. The number of ether oxygens (including phenoxy) is 2. The van der Waals surface area contributed by atoms with Crippen molar-refractivity contribution in [3.05, 3.63) is 53.3 Å². The Balaban J connectivity index is 2.36. The molecule has 174 valence electrons. The molecule has 0 saturated carbocycles. The monoisotopic (exact) mass is 457 g/mol. The van der Waals surface area contributed by atoms with E-state index in [0.29, 0.717) is 25.2 Å². The molecule has 2 aromatic carbocycles. The first-order valence-electron chi connectivity index (χ1n) is 9.74. The van der Waals surface area contributed by atoms with E-state index in [9.17, 15) is 27.2 Å². The number of nitrogens with one attached hydrogen (secondary N) is 1. The summed E-state index contributed by atoms with van der Waals surface area (Å²) in [6.07, 6.45) is -3.21. The van der Waals surface area contributed by atoms with Crippen LogP contribution in [0.4, 0.5) is 17.6 Å². The first-order valence-corrected chi connectivity index (χ1v) is 9.74. The molecule has 0 bridgehead atoms. The standard InChI is InChI=1S/C22H23F4NO5/c1-3-4-5-20(29)32-27-21(22(24,25)26)15-7-8-16(18(23)11-15)17-10-14(12-28)6-9-19(17)31-13-30-2/h6-12,21,27H,3-5,13H2,1-2H3. The normalized spacial score (nSPS) is 12.3. The number of benzene rings is 2. The molecule has 0 amide bonds. The lowest BCUT2D eigenvalue weighted by molar-refractivity contribution is -0.192. The maximum atomic E-state index is 14.9. The van der Waals surface area contributed by atoms with Crippen LogP contribution in [0.25, 0.3) is 11.1 Å². The van der Waals surface area contributed by atoms with Crippen molar-refractivity contribution in [3.63, 3.8) is 0 Å².